The van der Waals surface area contributed by atoms with Crippen LogP contribution in [0, 0.1) is 6.92 Å². The molecule has 2 nitrogen and oxygen atoms in total. The van der Waals surface area contributed by atoms with Gasteiger partial charge in [0, 0.05) is 31.4 Å². The summed E-state index contributed by atoms with van der Waals surface area (Å²) in [5.74, 6) is 1.22. The molecule has 0 amide bonds. The number of anilines is 1. The number of thioether (sulfide) groups is 1. The van der Waals surface area contributed by atoms with E-state index in [0.717, 1.165) is 6.54 Å². The largest absolute Gasteiger partial charge is 0.372 e. The first-order valence-electron chi connectivity index (χ1n) is 7.50. The number of hydrogen-bond acceptors (Lipinski definition) is 3. The molecule has 0 aliphatic carbocycles. The molecule has 0 bridgehead atoms. The summed E-state index contributed by atoms with van der Waals surface area (Å²) >= 11 is 1.92. The SMILES string of the molecule is CSCCC(C)N(C)c1ccc(C)cc1CNC(C)C. The quantitative estimate of drug-likeness (QED) is 0.778. The minimum Gasteiger partial charge on any atom is -0.372 e. The van der Waals surface area contributed by atoms with Crippen molar-refractivity contribution in [3.05, 3.63) is 29.3 Å². The third-order valence-electron chi connectivity index (χ3n) is 3.72. The first kappa shape index (κ1) is 17.4. The summed E-state index contributed by atoms with van der Waals surface area (Å²) in [6, 6.07) is 7.88. The Kier molecular flexibility index (Phi) is 7.46. The maximum absolute atomic E-state index is 3.54. The van der Waals surface area contributed by atoms with Crippen molar-refractivity contribution in [3.63, 3.8) is 0 Å². The highest BCUT2D eigenvalue weighted by Gasteiger charge is 2.13. The smallest absolute Gasteiger partial charge is 0.0411 e. The molecular formula is C17H30N2S. The number of benzene rings is 1. The molecule has 0 aromatic heterocycles. The van der Waals surface area contributed by atoms with E-state index in [1.807, 2.05) is 11.8 Å². The summed E-state index contributed by atoms with van der Waals surface area (Å²) in [5, 5.41) is 3.54. The van der Waals surface area contributed by atoms with E-state index in [2.05, 4.69) is 69.4 Å². The predicted octanol–water partition coefficient (Wildman–Crippen LogP) is 4.07. The zero-order valence-electron chi connectivity index (χ0n) is 13.9. The molecule has 1 rings (SSSR count). The summed E-state index contributed by atoms with van der Waals surface area (Å²) in [7, 11) is 2.22. The van der Waals surface area contributed by atoms with Crippen LogP contribution in [0.1, 0.15) is 38.3 Å². The lowest BCUT2D eigenvalue weighted by Gasteiger charge is -2.29. The second-order valence-electron chi connectivity index (χ2n) is 5.91. The first-order chi connectivity index (χ1) is 9.45. The zero-order valence-corrected chi connectivity index (χ0v) is 14.7. The van der Waals surface area contributed by atoms with Gasteiger partial charge in [-0.15, -0.1) is 0 Å². The molecular weight excluding hydrogens is 264 g/mol. The lowest BCUT2D eigenvalue weighted by Crippen LogP contribution is -2.31. The van der Waals surface area contributed by atoms with Gasteiger partial charge in [0.2, 0.25) is 0 Å². The van der Waals surface area contributed by atoms with Gasteiger partial charge in [-0.1, -0.05) is 31.5 Å². The van der Waals surface area contributed by atoms with Crippen molar-refractivity contribution >= 4 is 17.4 Å². The highest BCUT2D eigenvalue weighted by molar-refractivity contribution is 7.98. The van der Waals surface area contributed by atoms with Gasteiger partial charge in [-0.3, -0.25) is 0 Å². The van der Waals surface area contributed by atoms with Gasteiger partial charge in [-0.25, -0.2) is 0 Å². The van der Waals surface area contributed by atoms with Gasteiger partial charge in [0.1, 0.15) is 0 Å². The summed E-state index contributed by atoms with van der Waals surface area (Å²) < 4.78 is 0. The second kappa shape index (κ2) is 8.58. The van der Waals surface area contributed by atoms with Crippen LogP contribution in [0.5, 0.6) is 0 Å². The number of rotatable bonds is 8. The average Bonchev–Trinajstić information content (AvgIpc) is 2.41. The molecule has 0 spiro atoms. The van der Waals surface area contributed by atoms with Crippen LogP contribution < -0.4 is 10.2 Å². The van der Waals surface area contributed by atoms with Crippen LogP contribution in [-0.4, -0.2) is 31.1 Å². The molecule has 3 heteroatoms. The van der Waals surface area contributed by atoms with E-state index < -0.39 is 0 Å². The van der Waals surface area contributed by atoms with Gasteiger partial charge in [0.15, 0.2) is 0 Å². The van der Waals surface area contributed by atoms with Crippen molar-refractivity contribution in [2.45, 2.75) is 52.7 Å². The zero-order chi connectivity index (χ0) is 15.1. The Morgan fingerprint density at radius 2 is 1.95 bits per heavy atom. The van der Waals surface area contributed by atoms with E-state index >= 15 is 0 Å². The standard InChI is InChI=1S/C17H30N2S/c1-13(2)18-12-16-11-14(3)7-8-17(16)19(5)15(4)9-10-20-6/h7-8,11,13,15,18H,9-10,12H2,1-6H3. The minimum atomic E-state index is 0.516. The van der Waals surface area contributed by atoms with Gasteiger partial charge in [-0.2, -0.15) is 11.8 Å². The highest BCUT2D eigenvalue weighted by Crippen LogP contribution is 2.24. The van der Waals surface area contributed by atoms with E-state index in [0.29, 0.717) is 12.1 Å². The number of hydrogen-bond donors (Lipinski definition) is 1. The number of aryl methyl sites for hydroxylation is 1. The van der Waals surface area contributed by atoms with Crippen molar-refractivity contribution in [1.82, 2.24) is 5.32 Å². The van der Waals surface area contributed by atoms with Crippen molar-refractivity contribution in [1.29, 1.82) is 0 Å². The van der Waals surface area contributed by atoms with Crippen molar-refractivity contribution in [2.75, 3.05) is 24.0 Å². The predicted molar refractivity (Wildman–Crippen MR) is 94.0 cm³/mol. The van der Waals surface area contributed by atoms with Crippen molar-refractivity contribution < 1.29 is 0 Å². The molecule has 20 heavy (non-hydrogen) atoms. The second-order valence-corrected chi connectivity index (χ2v) is 6.89. The minimum absolute atomic E-state index is 0.516. The first-order valence-corrected chi connectivity index (χ1v) is 8.89. The Bertz CT molecular complexity index is 404. The fourth-order valence-electron chi connectivity index (χ4n) is 2.23. The molecule has 1 unspecified atom stereocenters. The Morgan fingerprint density at radius 3 is 2.55 bits per heavy atom. The maximum atomic E-state index is 3.54. The van der Waals surface area contributed by atoms with E-state index in [-0.39, 0.29) is 0 Å². The van der Waals surface area contributed by atoms with Gasteiger partial charge in [0.05, 0.1) is 0 Å². The van der Waals surface area contributed by atoms with Crippen LogP contribution >= 0.6 is 11.8 Å². The fourth-order valence-corrected chi connectivity index (χ4v) is 2.81. The highest BCUT2D eigenvalue weighted by atomic mass is 32.2. The molecule has 0 aliphatic rings. The lowest BCUT2D eigenvalue weighted by atomic mass is 10.1. The summed E-state index contributed by atoms with van der Waals surface area (Å²) in [5.41, 5.74) is 4.09. The number of nitrogens with one attached hydrogen (secondary N) is 1. The molecule has 1 aromatic rings. The van der Waals surface area contributed by atoms with Crippen LogP contribution in [0.25, 0.3) is 0 Å². The van der Waals surface area contributed by atoms with E-state index in [1.165, 1.54) is 29.0 Å². The third-order valence-corrected chi connectivity index (χ3v) is 4.36. The molecule has 0 saturated carbocycles. The molecule has 114 valence electrons. The summed E-state index contributed by atoms with van der Waals surface area (Å²) in [6.45, 7) is 9.81. The summed E-state index contributed by atoms with van der Waals surface area (Å²) in [6.07, 6.45) is 3.40. The summed E-state index contributed by atoms with van der Waals surface area (Å²) in [4.78, 5) is 2.42. The van der Waals surface area contributed by atoms with Crippen molar-refractivity contribution in [2.24, 2.45) is 0 Å². The lowest BCUT2D eigenvalue weighted by molar-refractivity contribution is 0.585. The molecule has 0 aliphatic heterocycles. The molecule has 1 atom stereocenters. The van der Waals surface area contributed by atoms with Gasteiger partial charge in [0.25, 0.3) is 0 Å². The monoisotopic (exact) mass is 294 g/mol. The van der Waals surface area contributed by atoms with E-state index in [9.17, 15) is 0 Å². The fraction of sp³-hybridized carbons (Fsp3) is 0.647. The van der Waals surface area contributed by atoms with Crippen LogP contribution in [0.2, 0.25) is 0 Å². The van der Waals surface area contributed by atoms with Crippen LogP contribution in [0.4, 0.5) is 5.69 Å². The van der Waals surface area contributed by atoms with Crippen LogP contribution in [0.3, 0.4) is 0 Å². The number of nitrogens with zero attached hydrogens (tertiary/aromatic N) is 1. The molecule has 0 heterocycles. The Labute approximate surface area is 129 Å². The average molecular weight is 295 g/mol. The van der Waals surface area contributed by atoms with E-state index in [1.54, 1.807) is 0 Å². The van der Waals surface area contributed by atoms with Crippen molar-refractivity contribution in [3.8, 4) is 0 Å². The van der Waals surface area contributed by atoms with Crippen LogP contribution in [-0.2, 0) is 6.54 Å². The molecule has 1 aromatic carbocycles. The Morgan fingerprint density at radius 1 is 1.25 bits per heavy atom. The Balaban J connectivity index is 2.86. The molecule has 0 radical (unpaired) electrons. The molecule has 1 N–H and O–H groups in total. The van der Waals surface area contributed by atoms with Crippen LogP contribution in [0.15, 0.2) is 18.2 Å². The van der Waals surface area contributed by atoms with E-state index in [4.69, 9.17) is 0 Å². The van der Waals surface area contributed by atoms with Gasteiger partial charge < -0.3 is 10.2 Å². The maximum Gasteiger partial charge on any atom is 0.0411 e. The van der Waals surface area contributed by atoms with Gasteiger partial charge in [-0.05, 0) is 43.9 Å². The molecule has 0 fully saturated rings. The molecule has 0 saturated heterocycles. The third kappa shape index (κ3) is 5.37. The Hall–Kier alpha value is -0.670. The normalized spacial score (nSPS) is 12.8. The van der Waals surface area contributed by atoms with Gasteiger partial charge >= 0.3 is 0 Å². The topological polar surface area (TPSA) is 15.3 Å².